The molecular weight excluding hydrogens is 214 g/mol. The van der Waals surface area contributed by atoms with Gasteiger partial charge in [0.25, 0.3) is 0 Å². The van der Waals surface area contributed by atoms with Gasteiger partial charge in [0.05, 0.1) is 17.3 Å². The van der Waals surface area contributed by atoms with E-state index in [4.69, 9.17) is 9.47 Å². The summed E-state index contributed by atoms with van der Waals surface area (Å²) in [6, 6.07) is 0. The first kappa shape index (κ1) is 13.3. The number of morpholine rings is 1. The van der Waals surface area contributed by atoms with Gasteiger partial charge in [-0.15, -0.1) is 0 Å². The fourth-order valence-electron chi connectivity index (χ4n) is 3.06. The highest BCUT2D eigenvalue weighted by molar-refractivity contribution is 4.98. The van der Waals surface area contributed by atoms with Crippen LogP contribution >= 0.6 is 0 Å². The molecule has 17 heavy (non-hydrogen) atoms. The molecule has 1 aliphatic heterocycles. The minimum atomic E-state index is -0.0157. The van der Waals surface area contributed by atoms with Gasteiger partial charge in [-0.25, -0.2) is 0 Å². The number of ether oxygens (including phenoxy) is 2. The molecule has 2 aliphatic rings. The van der Waals surface area contributed by atoms with Crippen molar-refractivity contribution in [3.05, 3.63) is 0 Å². The van der Waals surface area contributed by atoms with Crippen LogP contribution in [0.2, 0.25) is 0 Å². The van der Waals surface area contributed by atoms with Gasteiger partial charge < -0.3 is 14.8 Å². The number of rotatable bonds is 2. The van der Waals surface area contributed by atoms with E-state index in [0.717, 1.165) is 38.8 Å². The lowest BCUT2D eigenvalue weighted by molar-refractivity contribution is -0.207. The second-order valence-corrected chi connectivity index (χ2v) is 6.29. The van der Waals surface area contributed by atoms with E-state index >= 15 is 0 Å². The Hall–Kier alpha value is -0.120. The monoisotopic (exact) mass is 241 g/mol. The molecule has 1 unspecified atom stereocenters. The van der Waals surface area contributed by atoms with E-state index in [2.05, 4.69) is 26.1 Å². The summed E-state index contributed by atoms with van der Waals surface area (Å²) in [4.78, 5) is 0. The molecule has 0 amide bonds. The van der Waals surface area contributed by atoms with Gasteiger partial charge in [0.15, 0.2) is 0 Å². The van der Waals surface area contributed by atoms with E-state index in [0.29, 0.717) is 12.0 Å². The van der Waals surface area contributed by atoms with E-state index in [1.54, 1.807) is 0 Å². The number of methoxy groups -OCH3 is 1. The van der Waals surface area contributed by atoms with Crippen molar-refractivity contribution in [3.63, 3.8) is 0 Å². The van der Waals surface area contributed by atoms with Crippen LogP contribution in [-0.2, 0) is 9.47 Å². The third kappa shape index (κ3) is 2.67. The van der Waals surface area contributed by atoms with Gasteiger partial charge in [0.2, 0.25) is 0 Å². The standard InChI is InChI=1S/C14H27NO2/c1-11(2)13(3)9-15-10-14(17-13)7-5-12(16-4)6-8-14/h11-12,15H,5-10H2,1-4H3. The van der Waals surface area contributed by atoms with Gasteiger partial charge in [0.1, 0.15) is 0 Å². The Morgan fingerprint density at radius 1 is 1.24 bits per heavy atom. The van der Waals surface area contributed by atoms with Gasteiger partial charge in [-0.05, 0) is 38.5 Å². The van der Waals surface area contributed by atoms with E-state index in [9.17, 15) is 0 Å². The van der Waals surface area contributed by atoms with E-state index in [1.165, 1.54) is 0 Å². The fraction of sp³-hybridized carbons (Fsp3) is 1.00. The molecule has 0 aromatic rings. The SMILES string of the molecule is COC1CCC2(CC1)CNCC(C)(C(C)C)O2. The Balaban J connectivity index is 2.02. The van der Waals surface area contributed by atoms with Gasteiger partial charge in [0, 0.05) is 20.2 Å². The molecule has 0 bridgehead atoms. The van der Waals surface area contributed by atoms with E-state index in [1.807, 2.05) is 7.11 Å². The van der Waals surface area contributed by atoms with Crippen molar-refractivity contribution in [2.45, 2.75) is 63.8 Å². The predicted molar refractivity (Wildman–Crippen MR) is 69.2 cm³/mol. The normalized spacial score (nSPS) is 43.2. The number of hydrogen-bond donors (Lipinski definition) is 1. The predicted octanol–water partition coefficient (Wildman–Crippen LogP) is 2.35. The van der Waals surface area contributed by atoms with Crippen LogP contribution in [-0.4, -0.2) is 37.5 Å². The third-order valence-corrected chi connectivity index (χ3v) is 4.77. The maximum Gasteiger partial charge on any atom is 0.0816 e. The quantitative estimate of drug-likeness (QED) is 0.805. The third-order valence-electron chi connectivity index (χ3n) is 4.77. The molecule has 0 aromatic heterocycles. The fourth-order valence-corrected chi connectivity index (χ4v) is 3.06. The molecule has 100 valence electrons. The smallest absolute Gasteiger partial charge is 0.0816 e. The summed E-state index contributed by atoms with van der Waals surface area (Å²) < 4.78 is 12.0. The number of nitrogens with one attached hydrogen (secondary N) is 1. The van der Waals surface area contributed by atoms with Crippen molar-refractivity contribution in [3.8, 4) is 0 Å². The molecule has 3 heteroatoms. The topological polar surface area (TPSA) is 30.5 Å². The Kier molecular flexibility index (Phi) is 3.81. The Morgan fingerprint density at radius 3 is 2.41 bits per heavy atom. The second-order valence-electron chi connectivity index (χ2n) is 6.29. The van der Waals surface area contributed by atoms with Gasteiger partial charge >= 0.3 is 0 Å². The lowest BCUT2D eigenvalue weighted by atomic mass is 9.79. The summed E-state index contributed by atoms with van der Waals surface area (Å²) in [5, 5.41) is 3.58. The van der Waals surface area contributed by atoms with Crippen LogP contribution in [0.5, 0.6) is 0 Å². The van der Waals surface area contributed by atoms with Crippen LogP contribution in [0.15, 0.2) is 0 Å². The van der Waals surface area contributed by atoms with Crippen molar-refractivity contribution in [2.75, 3.05) is 20.2 Å². The first-order chi connectivity index (χ1) is 8.00. The van der Waals surface area contributed by atoms with Crippen LogP contribution < -0.4 is 5.32 Å². The molecule has 0 aromatic carbocycles. The van der Waals surface area contributed by atoms with E-state index in [-0.39, 0.29) is 11.2 Å². The molecule has 2 rings (SSSR count). The van der Waals surface area contributed by atoms with Crippen LogP contribution in [0, 0.1) is 5.92 Å². The first-order valence-electron chi connectivity index (χ1n) is 6.93. The van der Waals surface area contributed by atoms with Crippen LogP contribution in [0.3, 0.4) is 0 Å². The largest absolute Gasteiger partial charge is 0.381 e. The van der Waals surface area contributed by atoms with Gasteiger partial charge in [-0.3, -0.25) is 0 Å². The second kappa shape index (κ2) is 4.87. The molecular formula is C14H27NO2. The molecule has 1 aliphatic carbocycles. The summed E-state index contributed by atoms with van der Waals surface area (Å²) in [5.74, 6) is 0.548. The van der Waals surface area contributed by atoms with Crippen LogP contribution in [0.1, 0.15) is 46.5 Å². The highest BCUT2D eigenvalue weighted by Crippen LogP contribution is 2.39. The zero-order valence-electron chi connectivity index (χ0n) is 11.7. The van der Waals surface area contributed by atoms with Crippen molar-refractivity contribution < 1.29 is 9.47 Å². The van der Waals surface area contributed by atoms with Crippen molar-refractivity contribution in [1.82, 2.24) is 5.32 Å². The molecule has 3 nitrogen and oxygen atoms in total. The zero-order valence-corrected chi connectivity index (χ0v) is 11.7. The Morgan fingerprint density at radius 2 is 1.88 bits per heavy atom. The molecule has 2 fully saturated rings. The van der Waals surface area contributed by atoms with Crippen LogP contribution in [0.4, 0.5) is 0 Å². The molecule has 0 radical (unpaired) electrons. The van der Waals surface area contributed by atoms with Crippen molar-refractivity contribution >= 4 is 0 Å². The van der Waals surface area contributed by atoms with Crippen molar-refractivity contribution in [1.29, 1.82) is 0 Å². The minimum absolute atomic E-state index is 0.0157. The zero-order chi connectivity index (χ0) is 12.5. The van der Waals surface area contributed by atoms with E-state index < -0.39 is 0 Å². The molecule has 1 saturated heterocycles. The highest BCUT2D eigenvalue weighted by Gasteiger charge is 2.46. The van der Waals surface area contributed by atoms with Crippen LogP contribution in [0.25, 0.3) is 0 Å². The molecule has 1 saturated carbocycles. The number of hydrogen-bond acceptors (Lipinski definition) is 3. The average molecular weight is 241 g/mol. The summed E-state index contributed by atoms with van der Waals surface area (Å²) >= 11 is 0. The molecule has 1 N–H and O–H groups in total. The summed E-state index contributed by atoms with van der Waals surface area (Å²) in [6.07, 6.45) is 4.96. The minimum Gasteiger partial charge on any atom is -0.381 e. The maximum absolute atomic E-state index is 6.54. The Bertz CT molecular complexity index is 259. The summed E-state index contributed by atoms with van der Waals surface area (Å²) in [5.41, 5.74) is 0.0461. The highest BCUT2D eigenvalue weighted by atomic mass is 16.5. The average Bonchev–Trinajstić information content (AvgIpc) is 2.30. The molecule has 1 atom stereocenters. The molecule has 1 spiro atoms. The summed E-state index contributed by atoms with van der Waals surface area (Å²) in [6.45, 7) is 8.73. The lowest BCUT2D eigenvalue weighted by Gasteiger charge is -2.51. The molecule has 1 heterocycles. The first-order valence-corrected chi connectivity index (χ1v) is 6.93. The van der Waals surface area contributed by atoms with Crippen molar-refractivity contribution in [2.24, 2.45) is 5.92 Å². The van der Waals surface area contributed by atoms with Gasteiger partial charge in [-0.2, -0.15) is 0 Å². The Labute approximate surface area is 105 Å². The van der Waals surface area contributed by atoms with Gasteiger partial charge in [-0.1, -0.05) is 13.8 Å². The summed E-state index contributed by atoms with van der Waals surface area (Å²) in [7, 11) is 1.82. The lowest BCUT2D eigenvalue weighted by Crippen LogP contribution is -2.62. The maximum atomic E-state index is 6.54.